The van der Waals surface area contributed by atoms with Crippen LogP contribution in [0.1, 0.15) is 37.9 Å². The van der Waals surface area contributed by atoms with Crippen molar-refractivity contribution in [3.05, 3.63) is 57.6 Å². The number of methoxy groups -OCH3 is 1. The van der Waals surface area contributed by atoms with Gasteiger partial charge >= 0.3 is 0 Å². The Morgan fingerprint density at radius 3 is 2.42 bits per heavy atom. The molecule has 0 aromatic heterocycles. The van der Waals surface area contributed by atoms with Gasteiger partial charge in [-0.05, 0) is 56.2 Å². The van der Waals surface area contributed by atoms with Crippen molar-refractivity contribution in [2.24, 2.45) is 0 Å². The van der Waals surface area contributed by atoms with Crippen LogP contribution in [0.15, 0.2) is 36.4 Å². The number of nitrogens with one attached hydrogen (secondary N) is 1. The van der Waals surface area contributed by atoms with Gasteiger partial charge < -0.3 is 14.8 Å². The monoisotopic (exact) mass is 395 g/mol. The molecule has 0 bridgehead atoms. The average molecular weight is 396 g/mol. The lowest BCUT2D eigenvalue weighted by molar-refractivity contribution is -0.121. The molecule has 0 saturated carbocycles. The SMILES string of the molecule is COc1cc(C(C)NC(=O)Cc2ccc(Cl)cc2Cl)ccc1OC(C)C. The molecule has 0 heterocycles. The maximum Gasteiger partial charge on any atom is 0.224 e. The van der Waals surface area contributed by atoms with E-state index in [9.17, 15) is 4.79 Å². The first-order valence-corrected chi connectivity index (χ1v) is 9.13. The normalized spacial score (nSPS) is 12.0. The quantitative estimate of drug-likeness (QED) is 0.699. The van der Waals surface area contributed by atoms with E-state index in [-0.39, 0.29) is 24.5 Å². The summed E-state index contributed by atoms with van der Waals surface area (Å²) in [5.41, 5.74) is 1.66. The third kappa shape index (κ3) is 5.55. The van der Waals surface area contributed by atoms with Crippen molar-refractivity contribution in [2.45, 2.75) is 39.3 Å². The van der Waals surface area contributed by atoms with Gasteiger partial charge in [-0.2, -0.15) is 0 Å². The van der Waals surface area contributed by atoms with Crippen LogP contribution in [0.4, 0.5) is 0 Å². The number of rotatable bonds is 7. The van der Waals surface area contributed by atoms with Crippen LogP contribution in [-0.4, -0.2) is 19.1 Å². The summed E-state index contributed by atoms with van der Waals surface area (Å²) < 4.78 is 11.1. The molecule has 26 heavy (non-hydrogen) atoms. The van der Waals surface area contributed by atoms with Crippen molar-refractivity contribution >= 4 is 29.1 Å². The summed E-state index contributed by atoms with van der Waals surface area (Å²) in [5, 5.41) is 4.00. The van der Waals surface area contributed by atoms with E-state index in [1.54, 1.807) is 25.3 Å². The number of halogens is 2. The molecule has 0 aliphatic carbocycles. The number of hydrogen-bond acceptors (Lipinski definition) is 3. The summed E-state index contributed by atoms with van der Waals surface area (Å²) in [4.78, 5) is 12.3. The van der Waals surface area contributed by atoms with Crippen molar-refractivity contribution in [2.75, 3.05) is 7.11 Å². The zero-order valence-electron chi connectivity index (χ0n) is 15.3. The molecule has 4 nitrogen and oxygen atoms in total. The molecule has 0 aliphatic rings. The maximum atomic E-state index is 12.3. The van der Waals surface area contributed by atoms with Gasteiger partial charge in [0.15, 0.2) is 11.5 Å². The topological polar surface area (TPSA) is 47.6 Å². The molecule has 1 N–H and O–H groups in total. The molecule has 1 atom stereocenters. The third-order valence-corrected chi connectivity index (χ3v) is 4.38. The first-order valence-electron chi connectivity index (χ1n) is 8.38. The van der Waals surface area contributed by atoms with E-state index in [2.05, 4.69) is 5.32 Å². The van der Waals surface area contributed by atoms with Gasteiger partial charge in [-0.3, -0.25) is 4.79 Å². The second-order valence-corrected chi connectivity index (χ2v) is 7.12. The van der Waals surface area contributed by atoms with E-state index < -0.39 is 0 Å². The van der Waals surface area contributed by atoms with Crippen molar-refractivity contribution in [3.8, 4) is 11.5 Å². The molecule has 0 aliphatic heterocycles. The Balaban J connectivity index is 2.06. The lowest BCUT2D eigenvalue weighted by Crippen LogP contribution is -2.28. The highest BCUT2D eigenvalue weighted by Gasteiger charge is 2.15. The number of hydrogen-bond donors (Lipinski definition) is 1. The predicted molar refractivity (Wildman–Crippen MR) is 105 cm³/mol. The summed E-state index contributed by atoms with van der Waals surface area (Å²) in [5.74, 6) is 1.19. The lowest BCUT2D eigenvalue weighted by atomic mass is 10.1. The zero-order valence-corrected chi connectivity index (χ0v) is 16.8. The summed E-state index contributed by atoms with van der Waals surface area (Å²) in [6, 6.07) is 10.6. The highest BCUT2D eigenvalue weighted by atomic mass is 35.5. The Morgan fingerprint density at radius 1 is 1.08 bits per heavy atom. The lowest BCUT2D eigenvalue weighted by Gasteiger charge is -2.18. The number of carbonyl (C=O) groups is 1. The second kappa shape index (κ2) is 9.15. The largest absolute Gasteiger partial charge is 0.493 e. The van der Waals surface area contributed by atoms with Crippen molar-refractivity contribution in [1.29, 1.82) is 0 Å². The Labute approximate surface area is 164 Å². The minimum atomic E-state index is -0.185. The fourth-order valence-electron chi connectivity index (χ4n) is 2.52. The zero-order chi connectivity index (χ0) is 19.3. The van der Waals surface area contributed by atoms with Crippen LogP contribution in [0.2, 0.25) is 10.0 Å². The molecule has 6 heteroatoms. The minimum Gasteiger partial charge on any atom is -0.493 e. The Bertz CT molecular complexity index is 778. The van der Waals surface area contributed by atoms with Crippen molar-refractivity contribution in [1.82, 2.24) is 5.32 Å². The fourth-order valence-corrected chi connectivity index (χ4v) is 2.99. The van der Waals surface area contributed by atoms with Crippen LogP contribution in [0.5, 0.6) is 11.5 Å². The second-order valence-electron chi connectivity index (χ2n) is 6.28. The summed E-state index contributed by atoms with van der Waals surface area (Å²) in [6.07, 6.45) is 0.238. The van der Waals surface area contributed by atoms with Gasteiger partial charge in [-0.25, -0.2) is 0 Å². The van der Waals surface area contributed by atoms with Gasteiger partial charge in [-0.1, -0.05) is 35.3 Å². The van der Waals surface area contributed by atoms with Crippen LogP contribution in [0.25, 0.3) is 0 Å². The molecule has 140 valence electrons. The molecule has 0 fully saturated rings. The van der Waals surface area contributed by atoms with Gasteiger partial charge in [0.1, 0.15) is 0 Å². The number of benzene rings is 2. The smallest absolute Gasteiger partial charge is 0.224 e. The predicted octanol–water partition coefficient (Wildman–Crippen LogP) is 5.21. The van der Waals surface area contributed by atoms with Crippen LogP contribution in [0, 0.1) is 0 Å². The molecule has 0 saturated heterocycles. The summed E-state index contributed by atoms with van der Waals surface area (Å²) >= 11 is 12.0. The van der Waals surface area contributed by atoms with E-state index in [4.69, 9.17) is 32.7 Å². The van der Waals surface area contributed by atoms with E-state index in [1.807, 2.05) is 39.0 Å². The first-order chi connectivity index (χ1) is 12.3. The number of ether oxygens (including phenoxy) is 2. The van der Waals surface area contributed by atoms with Gasteiger partial charge in [0.05, 0.1) is 25.7 Å². The average Bonchev–Trinajstić information content (AvgIpc) is 2.57. The van der Waals surface area contributed by atoms with Crippen LogP contribution in [0.3, 0.4) is 0 Å². The van der Waals surface area contributed by atoms with Crippen LogP contribution < -0.4 is 14.8 Å². The molecular weight excluding hydrogens is 373 g/mol. The van der Waals surface area contributed by atoms with E-state index in [0.29, 0.717) is 21.5 Å². The van der Waals surface area contributed by atoms with Crippen molar-refractivity contribution in [3.63, 3.8) is 0 Å². The third-order valence-electron chi connectivity index (χ3n) is 3.79. The van der Waals surface area contributed by atoms with E-state index in [0.717, 1.165) is 11.1 Å². The highest BCUT2D eigenvalue weighted by molar-refractivity contribution is 6.35. The van der Waals surface area contributed by atoms with Crippen molar-refractivity contribution < 1.29 is 14.3 Å². The van der Waals surface area contributed by atoms with Gasteiger partial charge in [0.2, 0.25) is 5.91 Å². The van der Waals surface area contributed by atoms with Gasteiger partial charge in [0, 0.05) is 10.0 Å². The van der Waals surface area contributed by atoms with Crippen LogP contribution in [-0.2, 0) is 11.2 Å². The molecule has 2 rings (SSSR count). The molecule has 2 aromatic rings. The molecule has 2 aromatic carbocycles. The minimum absolute atomic E-state index is 0.0519. The summed E-state index contributed by atoms with van der Waals surface area (Å²) in [7, 11) is 1.60. The Kier molecular flexibility index (Phi) is 7.18. The van der Waals surface area contributed by atoms with Crippen LogP contribution >= 0.6 is 23.2 Å². The van der Waals surface area contributed by atoms with Gasteiger partial charge in [-0.15, -0.1) is 0 Å². The first kappa shape index (κ1) is 20.4. The standard InChI is InChI=1S/C20H23Cl2NO3/c1-12(2)26-18-8-6-14(9-19(18)25-4)13(3)23-20(24)10-15-5-7-16(21)11-17(15)22/h5-9,11-13H,10H2,1-4H3,(H,23,24). The maximum absolute atomic E-state index is 12.3. The summed E-state index contributed by atoms with van der Waals surface area (Å²) in [6.45, 7) is 5.83. The van der Waals surface area contributed by atoms with Gasteiger partial charge in [0.25, 0.3) is 0 Å². The van der Waals surface area contributed by atoms with E-state index >= 15 is 0 Å². The molecule has 1 unspecified atom stereocenters. The number of amides is 1. The molecule has 0 radical (unpaired) electrons. The number of carbonyl (C=O) groups excluding carboxylic acids is 1. The highest BCUT2D eigenvalue weighted by Crippen LogP contribution is 2.31. The Morgan fingerprint density at radius 2 is 1.81 bits per heavy atom. The Hall–Kier alpha value is -1.91. The molecule has 0 spiro atoms. The fraction of sp³-hybridized carbons (Fsp3) is 0.350. The van der Waals surface area contributed by atoms with E-state index in [1.165, 1.54) is 0 Å². The molecular formula is C20H23Cl2NO3. The molecule has 1 amide bonds.